The lowest BCUT2D eigenvalue weighted by Crippen LogP contribution is -2.15. The number of esters is 1. The van der Waals surface area contributed by atoms with Crippen molar-refractivity contribution in [2.24, 2.45) is 0 Å². The van der Waals surface area contributed by atoms with Gasteiger partial charge in [-0.25, -0.2) is 0 Å². The molecule has 5 nitrogen and oxygen atoms in total. The van der Waals surface area contributed by atoms with Gasteiger partial charge in [-0.1, -0.05) is 23.8 Å². The highest BCUT2D eigenvalue weighted by molar-refractivity contribution is 5.82. The first-order chi connectivity index (χ1) is 11.3. The van der Waals surface area contributed by atoms with E-state index in [4.69, 9.17) is 13.9 Å². The fraction of sp³-hybridized carbons (Fsp3) is 0.368. The highest BCUT2D eigenvalue weighted by Gasteiger charge is 2.20. The van der Waals surface area contributed by atoms with Crippen LogP contribution in [-0.4, -0.2) is 13.1 Å². The Morgan fingerprint density at radius 1 is 1.29 bits per heavy atom. The van der Waals surface area contributed by atoms with Gasteiger partial charge in [-0.05, 0) is 26.8 Å². The summed E-state index contributed by atoms with van der Waals surface area (Å²) in [5, 5.41) is 0.421. The predicted octanol–water partition coefficient (Wildman–Crippen LogP) is 3.93. The van der Waals surface area contributed by atoms with E-state index in [1.165, 1.54) is 14.0 Å². The summed E-state index contributed by atoms with van der Waals surface area (Å²) >= 11 is 0. The van der Waals surface area contributed by atoms with Crippen LogP contribution >= 0.6 is 0 Å². The topological polar surface area (TPSA) is 65.7 Å². The number of ether oxygens (including phenoxy) is 2. The van der Waals surface area contributed by atoms with E-state index in [0.717, 1.165) is 5.57 Å². The van der Waals surface area contributed by atoms with E-state index >= 15 is 0 Å². The van der Waals surface area contributed by atoms with Gasteiger partial charge in [0, 0.05) is 18.9 Å². The van der Waals surface area contributed by atoms with Crippen LogP contribution in [0.3, 0.4) is 0 Å². The number of methoxy groups -OCH3 is 1. The minimum Gasteiger partial charge on any atom is -0.468 e. The molecule has 24 heavy (non-hydrogen) atoms. The van der Waals surface area contributed by atoms with Crippen molar-refractivity contribution in [1.82, 2.24) is 0 Å². The smallest absolute Gasteiger partial charge is 0.303 e. The Balaban J connectivity index is 2.71. The highest BCUT2D eigenvalue weighted by atomic mass is 16.6. The molecule has 0 aliphatic rings. The monoisotopic (exact) mass is 330 g/mol. The van der Waals surface area contributed by atoms with Gasteiger partial charge < -0.3 is 13.9 Å². The van der Waals surface area contributed by atoms with Crippen molar-refractivity contribution in [3.63, 3.8) is 0 Å². The number of carbonyl (C=O) groups excluding carboxylic acids is 1. The second kappa shape index (κ2) is 7.34. The molecule has 0 saturated heterocycles. The van der Waals surface area contributed by atoms with Gasteiger partial charge in [-0.2, -0.15) is 0 Å². The maximum Gasteiger partial charge on any atom is 0.303 e. The third kappa shape index (κ3) is 3.67. The first kappa shape index (κ1) is 17.8. The van der Waals surface area contributed by atoms with Crippen molar-refractivity contribution in [1.29, 1.82) is 0 Å². The van der Waals surface area contributed by atoms with Crippen molar-refractivity contribution in [3.05, 3.63) is 51.2 Å². The second-order valence-electron chi connectivity index (χ2n) is 5.86. The third-order valence-electron chi connectivity index (χ3n) is 3.69. The largest absolute Gasteiger partial charge is 0.468 e. The molecule has 0 aliphatic carbocycles. The molecule has 2 rings (SSSR count). The van der Waals surface area contributed by atoms with Crippen molar-refractivity contribution in [2.45, 2.75) is 40.2 Å². The van der Waals surface area contributed by atoms with Crippen molar-refractivity contribution in [3.8, 4) is 5.95 Å². The van der Waals surface area contributed by atoms with Crippen LogP contribution in [0, 0.1) is 0 Å². The summed E-state index contributed by atoms with van der Waals surface area (Å²) < 4.78 is 16.2. The van der Waals surface area contributed by atoms with Gasteiger partial charge in [0.2, 0.25) is 5.43 Å². The third-order valence-corrected chi connectivity index (χ3v) is 3.69. The Bertz CT molecular complexity index is 841. The Kier molecular flexibility index (Phi) is 5.44. The minimum absolute atomic E-state index is 0.166. The molecule has 2 aromatic rings. The fourth-order valence-corrected chi connectivity index (χ4v) is 2.58. The Morgan fingerprint density at radius 3 is 2.58 bits per heavy atom. The molecule has 1 unspecified atom stereocenters. The zero-order valence-electron chi connectivity index (χ0n) is 14.6. The number of benzene rings is 1. The molecule has 0 amide bonds. The minimum atomic E-state index is -0.543. The molecule has 0 aliphatic heterocycles. The number of rotatable bonds is 5. The van der Waals surface area contributed by atoms with Crippen LogP contribution in [0.4, 0.5) is 0 Å². The molecule has 0 fully saturated rings. The molecule has 0 radical (unpaired) electrons. The Hall–Kier alpha value is -2.56. The van der Waals surface area contributed by atoms with Crippen LogP contribution in [0.15, 0.2) is 39.1 Å². The van der Waals surface area contributed by atoms with Crippen LogP contribution in [0.25, 0.3) is 11.0 Å². The lowest BCUT2D eigenvalue weighted by Gasteiger charge is -2.15. The number of fused-ring (bicyclic) bond motifs is 1. The first-order valence-corrected chi connectivity index (χ1v) is 7.78. The van der Waals surface area contributed by atoms with Gasteiger partial charge >= 0.3 is 5.97 Å². The normalized spacial score (nSPS) is 11.9. The molecule has 1 aromatic carbocycles. The van der Waals surface area contributed by atoms with Crippen molar-refractivity contribution >= 4 is 16.9 Å². The molecule has 128 valence electrons. The van der Waals surface area contributed by atoms with Gasteiger partial charge in [0.25, 0.3) is 5.95 Å². The van der Waals surface area contributed by atoms with Crippen molar-refractivity contribution in [2.75, 3.05) is 7.11 Å². The Labute approximate surface area is 140 Å². The van der Waals surface area contributed by atoms with Gasteiger partial charge in [0.1, 0.15) is 11.7 Å². The molecule has 5 heteroatoms. The van der Waals surface area contributed by atoms with Gasteiger partial charge in [-0.15, -0.1) is 0 Å². The average molecular weight is 330 g/mol. The summed E-state index contributed by atoms with van der Waals surface area (Å²) in [4.78, 5) is 24.3. The van der Waals surface area contributed by atoms with Crippen LogP contribution in [0.1, 0.15) is 44.9 Å². The van der Waals surface area contributed by atoms with E-state index in [9.17, 15) is 9.59 Å². The zero-order chi connectivity index (χ0) is 17.9. The lowest BCUT2D eigenvalue weighted by molar-refractivity contribution is -0.145. The Morgan fingerprint density at radius 2 is 2.00 bits per heavy atom. The van der Waals surface area contributed by atoms with Crippen LogP contribution in [0.2, 0.25) is 0 Å². The van der Waals surface area contributed by atoms with E-state index in [2.05, 4.69) is 0 Å². The maximum atomic E-state index is 13.0. The molecular formula is C19H22O5. The number of allylic oxidation sites excluding steroid dienone is 2. The van der Waals surface area contributed by atoms with Crippen LogP contribution in [0.5, 0.6) is 5.95 Å². The summed E-state index contributed by atoms with van der Waals surface area (Å²) in [6.07, 6.45) is 1.82. The van der Waals surface area contributed by atoms with E-state index < -0.39 is 12.1 Å². The molecule has 1 aromatic heterocycles. The molecule has 1 atom stereocenters. The maximum absolute atomic E-state index is 13.0. The highest BCUT2D eigenvalue weighted by Crippen LogP contribution is 2.29. The molecule has 0 N–H and O–H groups in total. The summed E-state index contributed by atoms with van der Waals surface area (Å²) in [5.41, 5.74) is 2.42. The summed E-state index contributed by atoms with van der Waals surface area (Å²) in [5.74, 6) is -0.190. The number of hydrogen-bond acceptors (Lipinski definition) is 5. The number of hydrogen-bond donors (Lipinski definition) is 0. The second-order valence-corrected chi connectivity index (χ2v) is 5.86. The standard InChI is InChI=1S/C19H22O5/c1-11(2)9-10-15-18(21)17-14(12(3)23-13(4)20)7-6-8-16(17)24-19(15)22-5/h6-9,12H,10H2,1-5H3. The van der Waals surface area contributed by atoms with E-state index in [0.29, 0.717) is 28.5 Å². The molecule has 1 heterocycles. The lowest BCUT2D eigenvalue weighted by atomic mass is 10.0. The van der Waals surface area contributed by atoms with Crippen LogP contribution in [-0.2, 0) is 16.0 Å². The summed E-state index contributed by atoms with van der Waals surface area (Å²) in [6, 6.07) is 5.23. The van der Waals surface area contributed by atoms with Crippen LogP contribution < -0.4 is 10.2 Å². The van der Waals surface area contributed by atoms with E-state index in [1.807, 2.05) is 19.9 Å². The predicted molar refractivity (Wildman–Crippen MR) is 92.4 cm³/mol. The molecule has 0 saturated carbocycles. The fourth-order valence-electron chi connectivity index (χ4n) is 2.58. The van der Waals surface area contributed by atoms with Gasteiger partial charge in [0.05, 0.1) is 18.1 Å². The molecule has 0 bridgehead atoms. The molecule has 0 spiro atoms. The van der Waals surface area contributed by atoms with Gasteiger partial charge in [0.15, 0.2) is 0 Å². The molecular weight excluding hydrogens is 308 g/mol. The van der Waals surface area contributed by atoms with E-state index in [-0.39, 0.29) is 11.4 Å². The van der Waals surface area contributed by atoms with Gasteiger partial charge in [-0.3, -0.25) is 9.59 Å². The van der Waals surface area contributed by atoms with Crippen molar-refractivity contribution < 1.29 is 18.7 Å². The first-order valence-electron chi connectivity index (χ1n) is 7.78. The quantitative estimate of drug-likeness (QED) is 0.614. The van der Waals surface area contributed by atoms with E-state index in [1.54, 1.807) is 25.1 Å². The average Bonchev–Trinajstić information content (AvgIpc) is 2.52. The number of carbonyl (C=O) groups is 1. The SMILES string of the molecule is COc1oc2cccc(C(C)OC(C)=O)c2c(=O)c1CC=C(C)C. The summed E-state index contributed by atoms with van der Waals surface area (Å²) in [6.45, 7) is 7.00. The zero-order valence-corrected chi connectivity index (χ0v) is 14.6. The summed E-state index contributed by atoms with van der Waals surface area (Å²) in [7, 11) is 1.47.